The zero-order chi connectivity index (χ0) is 18.2. The summed E-state index contributed by atoms with van der Waals surface area (Å²) in [6.07, 6.45) is -0.946. The van der Waals surface area contributed by atoms with E-state index in [1.807, 2.05) is 19.3 Å². The molecule has 140 valence electrons. The Hall–Kier alpha value is -1.55. The minimum atomic E-state index is -4.44. The number of hydrogen-bond acceptors (Lipinski definition) is 5. The van der Waals surface area contributed by atoms with Gasteiger partial charge in [0.1, 0.15) is 12.0 Å². The average molecular weight is 378 g/mol. The molecule has 2 N–H and O–H groups in total. The lowest BCUT2D eigenvalue weighted by atomic mass is 9.80. The third kappa shape index (κ3) is 4.17. The fraction of sp³-hybridized carbons (Fsp3) is 0.667. The maximum atomic E-state index is 12.2. The van der Waals surface area contributed by atoms with E-state index < -0.39 is 28.2 Å². The highest BCUT2D eigenvalue weighted by Crippen LogP contribution is 2.39. The van der Waals surface area contributed by atoms with Crippen LogP contribution in [0.2, 0.25) is 0 Å². The smallest absolute Gasteiger partial charge is 0.346 e. The van der Waals surface area contributed by atoms with Gasteiger partial charge in [-0.25, -0.2) is 13.4 Å². The molecule has 3 rings (SSSR count). The number of aromatic amines is 1. The summed E-state index contributed by atoms with van der Waals surface area (Å²) in [7, 11) is -1.84. The second kappa shape index (κ2) is 6.64. The van der Waals surface area contributed by atoms with Gasteiger partial charge in [0.2, 0.25) is 0 Å². The van der Waals surface area contributed by atoms with Gasteiger partial charge in [-0.15, -0.1) is 0 Å². The van der Waals surface area contributed by atoms with E-state index in [1.54, 1.807) is 6.34 Å². The van der Waals surface area contributed by atoms with Gasteiger partial charge in [-0.2, -0.15) is 13.2 Å². The van der Waals surface area contributed by atoms with Gasteiger partial charge in [0, 0.05) is 17.8 Å². The van der Waals surface area contributed by atoms with E-state index in [1.165, 1.54) is 0 Å². The summed E-state index contributed by atoms with van der Waals surface area (Å²) < 4.78 is 60.3. The van der Waals surface area contributed by atoms with Crippen LogP contribution >= 0.6 is 0 Å². The van der Waals surface area contributed by atoms with Crippen molar-refractivity contribution in [2.75, 3.05) is 18.6 Å². The molecule has 2 aliphatic rings. The molecule has 0 radical (unpaired) electrons. The van der Waals surface area contributed by atoms with E-state index in [0.717, 1.165) is 11.4 Å². The molecule has 0 spiro atoms. The van der Waals surface area contributed by atoms with Crippen LogP contribution in [-0.4, -0.2) is 55.4 Å². The SMILES string of the molecule is CNC1c2cc[nH]c2N=CN1[C@H]1C[C@H](CS(=O)(=O)CCC(F)(F)F)C1. The minimum absolute atomic E-state index is 0.0495. The Morgan fingerprint density at radius 1 is 1.40 bits per heavy atom. The topological polar surface area (TPSA) is 77.6 Å². The molecule has 1 aromatic rings. The summed E-state index contributed by atoms with van der Waals surface area (Å²) in [5, 5.41) is 3.22. The molecule has 1 atom stereocenters. The van der Waals surface area contributed by atoms with E-state index >= 15 is 0 Å². The molecule has 0 aromatic carbocycles. The first-order valence-corrected chi connectivity index (χ1v) is 9.94. The first kappa shape index (κ1) is 18.2. The first-order valence-electron chi connectivity index (χ1n) is 8.12. The van der Waals surface area contributed by atoms with Crippen molar-refractivity contribution >= 4 is 22.0 Å². The molecule has 6 nitrogen and oxygen atoms in total. The molecule has 25 heavy (non-hydrogen) atoms. The fourth-order valence-electron chi connectivity index (χ4n) is 3.46. The predicted octanol–water partition coefficient (Wildman–Crippen LogP) is 2.35. The van der Waals surface area contributed by atoms with Crippen LogP contribution < -0.4 is 5.32 Å². The Bertz CT molecular complexity index is 738. The molecule has 1 aliphatic carbocycles. The van der Waals surface area contributed by atoms with Crippen molar-refractivity contribution in [1.82, 2.24) is 15.2 Å². The van der Waals surface area contributed by atoms with E-state index in [0.29, 0.717) is 12.8 Å². The maximum absolute atomic E-state index is 12.2. The van der Waals surface area contributed by atoms with E-state index in [9.17, 15) is 21.6 Å². The number of halogens is 3. The van der Waals surface area contributed by atoms with Crippen LogP contribution in [0.25, 0.3) is 0 Å². The Labute approximate surface area is 144 Å². The summed E-state index contributed by atoms with van der Waals surface area (Å²) >= 11 is 0. The lowest BCUT2D eigenvalue weighted by Crippen LogP contribution is -2.51. The van der Waals surface area contributed by atoms with Crippen molar-refractivity contribution in [3.63, 3.8) is 0 Å². The summed E-state index contributed by atoms with van der Waals surface area (Å²) in [5.74, 6) is -0.304. The molecule has 1 fully saturated rings. The molecule has 1 aliphatic heterocycles. The van der Waals surface area contributed by atoms with E-state index in [2.05, 4.69) is 20.2 Å². The van der Waals surface area contributed by atoms with Crippen LogP contribution in [-0.2, 0) is 9.84 Å². The average Bonchev–Trinajstić information content (AvgIpc) is 2.96. The summed E-state index contributed by atoms with van der Waals surface area (Å²) in [5.41, 5.74) is 1.02. The number of H-pyrrole nitrogens is 1. The van der Waals surface area contributed by atoms with E-state index in [4.69, 9.17) is 0 Å². The fourth-order valence-corrected chi connectivity index (χ4v) is 5.16. The van der Waals surface area contributed by atoms with Gasteiger partial charge in [0.15, 0.2) is 9.84 Å². The lowest BCUT2D eigenvalue weighted by molar-refractivity contribution is -0.129. The van der Waals surface area contributed by atoms with Crippen molar-refractivity contribution in [3.8, 4) is 0 Å². The largest absolute Gasteiger partial charge is 0.390 e. The van der Waals surface area contributed by atoms with E-state index in [-0.39, 0.29) is 23.9 Å². The molecule has 10 heteroatoms. The van der Waals surface area contributed by atoms with Crippen LogP contribution in [0.1, 0.15) is 31.0 Å². The molecular weight excluding hydrogens is 357 g/mol. The number of sulfone groups is 1. The quantitative estimate of drug-likeness (QED) is 0.797. The second-order valence-electron chi connectivity index (χ2n) is 6.64. The Balaban J connectivity index is 1.54. The van der Waals surface area contributed by atoms with Crippen molar-refractivity contribution in [2.45, 2.75) is 37.6 Å². The monoisotopic (exact) mass is 378 g/mol. The molecule has 0 bridgehead atoms. The van der Waals surface area contributed by atoms with Crippen LogP contribution in [0.15, 0.2) is 17.3 Å². The zero-order valence-electron chi connectivity index (χ0n) is 13.8. The predicted molar refractivity (Wildman–Crippen MR) is 88.4 cm³/mol. The molecular formula is C15H21F3N4O2S. The zero-order valence-corrected chi connectivity index (χ0v) is 14.6. The second-order valence-corrected chi connectivity index (χ2v) is 8.86. The number of aliphatic imine (C=N–C) groups is 1. The first-order chi connectivity index (χ1) is 11.7. The highest BCUT2D eigenvalue weighted by Gasteiger charge is 2.40. The number of aromatic nitrogens is 1. The maximum Gasteiger partial charge on any atom is 0.390 e. The van der Waals surface area contributed by atoms with Crippen LogP contribution in [0.4, 0.5) is 19.0 Å². The molecule has 1 saturated carbocycles. The van der Waals surface area contributed by atoms with Gasteiger partial charge >= 0.3 is 6.18 Å². The van der Waals surface area contributed by atoms with Crippen LogP contribution in [0.3, 0.4) is 0 Å². The Morgan fingerprint density at radius 3 is 2.76 bits per heavy atom. The van der Waals surface area contributed by atoms with Gasteiger partial charge in [0.05, 0.1) is 24.3 Å². The normalized spacial score (nSPS) is 26.4. The van der Waals surface area contributed by atoms with Crippen molar-refractivity contribution in [2.24, 2.45) is 10.9 Å². The third-order valence-electron chi connectivity index (χ3n) is 4.76. The third-order valence-corrected chi connectivity index (χ3v) is 6.57. The van der Waals surface area contributed by atoms with Crippen molar-refractivity contribution < 1.29 is 21.6 Å². The number of hydrogen-bond donors (Lipinski definition) is 2. The summed E-state index contributed by atoms with van der Waals surface area (Å²) in [4.78, 5) is 9.45. The molecule has 0 saturated heterocycles. The molecule has 2 heterocycles. The standard InChI is InChI=1S/C15H21F3N4O2S/c1-19-14-12-2-4-20-13(12)21-9-22(14)11-6-10(7-11)8-25(23,24)5-3-15(16,17)18/h2,4,9-11,14,19-20H,3,5-8H2,1H3/t10-,11-,14?. The van der Waals surface area contributed by atoms with Gasteiger partial charge in [-0.3, -0.25) is 5.32 Å². The van der Waals surface area contributed by atoms with Gasteiger partial charge < -0.3 is 9.88 Å². The van der Waals surface area contributed by atoms with Crippen LogP contribution in [0.5, 0.6) is 0 Å². The van der Waals surface area contributed by atoms with Gasteiger partial charge in [-0.05, 0) is 31.9 Å². The summed E-state index contributed by atoms with van der Waals surface area (Å²) in [6, 6.07) is 2.07. The minimum Gasteiger partial charge on any atom is -0.346 e. The number of nitrogens with zero attached hydrogens (tertiary/aromatic N) is 2. The van der Waals surface area contributed by atoms with Crippen molar-refractivity contribution in [1.29, 1.82) is 0 Å². The highest BCUT2D eigenvalue weighted by atomic mass is 32.2. The Kier molecular flexibility index (Phi) is 4.84. The number of fused-ring (bicyclic) bond motifs is 1. The molecule has 1 unspecified atom stereocenters. The molecule has 0 amide bonds. The molecule has 1 aromatic heterocycles. The highest BCUT2D eigenvalue weighted by molar-refractivity contribution is 7.91. The summed E-state index contributed by atoms with van der Waals surface area (Å²) in [6.45, 7) is 0. The van der Waals surface area contributed by atoms with Gasteiger partial charge in [-0.1, -0.05) is 0 Å². The number of alkyl halides is 3. The Morgan fingerprint density at radius 2 is 2.12 bits per heavy atom. The van der Waals surface area contributed by atoms with Crippen LogP contribution in [0, 0.1) is 5.92 Å². The number of rotatable bonds is 6. The lowest BCUT2D eigenvalue weighted by Gasteiger charge is -2.46. The van der Waals surface area contributed by atoms with Crippen molar-refractivity contribution in [3.05, 3.63) is 17.8 Å². The van der Waals surface area contributed by atoms with Gasteiger partial charge in [0.25, 0.3) is 0 Å². The number of nitrogens with one attached hydrogen (secondary N) is 2.